The Morgan fingerprint density at radius 2 is 1.86 bits per heavy atom. The van der Waals surface area contributed by atoms with Gasteiger partial charge in [0.2, 0.25) is 5.88 Å². The van der Waals surface area contributed by atoms with E-state index in [1.807, 2.05) is 24.3 Å². The number of alkyl halides is 3. The molecule has 0 unspecified atom stereocenters. The average Bonchev–Trinajstić information content (AvgIpc) is 3.57. The van der Waals surface area contributed by atoms with Crippen molar-refractivity contribution in [3.05, 3.63) is 60.4 Å². The molecule has 1 aliphatic heterocycles. The van der Waals surface area contributed by atoms with Crippen LogP contribution in [-0.2, 0) is 16.4 Å². The largest absolute Gasteiger partial charge is 0.476 e. The first-order chi connectivity index (χ1) is 19.9. The number of sulfonamides is 1. The highest BCUT2D eigenvalue weighted by Crippen LogP contribution is 2.39. The van der Waals surface area contributed by atoms with Gasteiger partial charge in [-0.05, 0) is 44.7 Å². The summed E-state index contributed by atoms with van der Waals surface area (Å²) in [6.07, 6.45) is 3.24. The molecular formula is C28H31F3N6O3S2. The van der Waals surface area contributed by atoms with E-state index in [9.17, 15) is 21.6 Å². The predicted octanol–water partition coefficient (Wildman–Crippen LogP) is 6.69. The number of benzene rings is 1. The van der Waals surface area contributed by atoms with E-state index < -0.39 is 28.2 Å². The molecule has 1 aliphatic rings. The van der Waals surface area contributed by atoms with Crippen LogP contribution in [0.5, 0.6) is 5.88 Å². The van der Waals surface area contributed by atoms with Gasteiger partial charge in [-0.1, -0.05) is 48.4 Å². The molecule has 1 aromatic carbocycles. The highest BCUT2D eigenvalue weighted by atomic mass is 32.2. The number of halogens is 3. The summed E-state index contributed by atoms with van der Waals surface area (Å²) >= 11 is 1.06. The molecule has 2 N–H and O–H groups in total. The van der Waals surface area contributed by atoms with E-state index in [4.69, 9.17) is 4.74 Å². The third kappa shape index (κ3) is 6.70. The lowest BCUT2D eigenvalue weighted by Gasteiger charge is -2.26. The number of nitrogens with one attached hydrogen (secondary N) is 2. The summed E-state index contributed by atoms with van der Waals surface area (Å²) in [6.45, 7) is 2.19. The van der Waals surface area contributed by atoms with E-state index >= 15 is 0 Å². The minimum Gasteiger partial charge on any atom is -0.476 e. The number of hydrogen-bond donors (Lipinski definition) is 2. The SMILES string of the molecule is CC(C)(COc1ccn(-c2sc3nc2-c2ccccc2CCCCCCNc2cc(ccn2)S(=O)(=O)N3)n1)C(F)(F)F. The lowest BCUT2D eigenvalue weighted by atomic mass is 9.94. The van der Waals surface area contributed by atoms with Crippen molar-refractivity contribution in [2.75, 3.05) is 23.2 Å². The van der Waals surface area contributed by atoms with Crippen molar-refractivity contribution >= 4 is 32.3 Å². The molecule has 5 rings (SSSR count). The molecule has 0 saturated carbocycles. The highest BCUT2D eigenvalue weighted by Gasteiger charge is 2.48. The first-order valence-electron chi connectivity index (χ1n) is 13.5. The zero-order chi connectivity index (χ0) is 30.0. The summed E-state index contributed by atoms with van der Waals surface area (Å²) in [5, 5.41) is 8.15. The Balaban J connectivity index is 1.54. The van der Waals surface area contributed by atoms with Crippen LogP contribution in [0.3, 0.4) is 0 Å². The normalized spacial score (nSPS) is 16.0. The molecule has 224 valence electrons. The van der Waals surface area contributed by atoms with Gasteiger partial charge in [-0.15, -0.1) is 5.10 Å². The van der Waals surface area contributed by atoms with Crippen LogP contribution in [0.1, 0.15) is 45.1 Å². The Kier molecular flexibility index (Phi) is 8.46. The summed E-state index contributed by atoms with van der Waals surface area (Å²) in [5.41, 5.74) is 0.300. The van der Waals surface area contributed by atoms with Crippen molar-refractivity contribution in [3.63, 3.8) is 0 Å². The molecule has 0 saturated heterocycles. The molecule has 4 heterocycles. The van der Waals surface area contributed by atoms with Gasteiger partial charge < -0.3 is 10.1 Å². The van der Waals surface area contributed by atoms with E-state index in [1.165, 1.54) is 29.1 Å². The second-order valence-corrected chi connectivity index (χ2v) is 13.3. The van der Waals surface area contributed by atoms with E-state index in [0.29, 0.717) is 23.1 Å². The second kappa shape index (κ2) is 11.9. The number of aryl methyl sites for hydroxylation is 1. The Labute approximate surface area is 246 Å². The molecule has 4 bridgehead atoms. The molecule has 9 nitrogen and oxygen atoms in total. The van der Waals surface area contributed by atoms with E-state index in [-0.39, 0.29) is 15.9 Å². The molecule has 4 aromatic rings. The maximum Gasteiger partial charge on any atom is 0.397 e. The fraction of sp³-hybridized carbons (Fsp3) is 0.393. The number of fused-ring (bicyclic) bond motifs is 6. The average molecular weight is 621 g/mol. The zero-order valence-corrected chi connectivity index (χ0v) is 24.7. The Bertz CT molecular complexity index is 1650. The number of rotatable bonds is 4. The Morgan fingerprint density at radius 1 is 1.07 bits per heavy atom. The molecule has 14 heteroatoms. The summed E-state index contributed by atoms with van der Waals surface area (Å²) in [6, 6.07) is 12.1. The molecule has 0 aliphatic carbocycles. The van der Waals surface area contributed by atoms with Gasteiger partial charge in [-0.25, -0.2) is 23.1 Å². The highest BCUT2D eigenvalue weighted by molar-refractivity contribution is 7.93. The molecular weight excluding hydrogens is 589 g/mol. The zero-order valence-electron chi connectivity index (χ0n) is 23.1. The Hall–Kier alpha value is -3.65. The Morgan fingerprint density at radius 3 is 2.67 bits per heavy atom. The van der Waals surface area contributed by atoms with Crippen LogP contribution < -0.4 is 14.8 Å². The number of aromatic nitrogens is 4. The molecule has 0 atom stereocenters. The monoisotopic (exact) mass is 620 g/mol. The number of hydrogen-bond acceptors (Lipinski definition) is 8. The molecule has 0 radical (unpaired) electrons. The maximum absolute atomic E-state index is 13.3. The quantitative estimate of drug-likeness (QED) is 0.262. The second-order valence-electron chi connectivity index (χ2n) is 10.7. The number of ether oxygens (including phenoxy) is 1. The molecule has 0 spiro atoms. The smallest absolute Gasteiger partial charge is 0.397 e. The number of thiazole rings is 1. The van der Waals surface area contributed by atoms with Crippen molar-refractivity contribution < 1.29 is 26.3 Å². The number of pyridine rings is 1. The van der Waals surface area contributed by atoms with Crippen molar-refractivity contribution in [2.24, 2.45) is 5.41 Å². The topological polar surface area (TPSA) is 111 Å². The van der Waals surface area contributed by atoms with Gasteiger partial charge in [-0.3, -0.25) is 4.72 Å². The maximum atomic E-state index is 13.3. The van der Waals surface area contributed by atoms with E-state index in [0.717, 1.165) is 68.4 Å². The van der Waals surface area contributed by atoms with Crippen molar-refractivity contribution in [1.29, 1.82) is 0 Å². The molecule has 42 heavy (non-hydrogen) atoms. The number of nitrogens with zero attached hydrogens (tertiary/aromatic N) is 4. The summed E-state index contributed by atoms with van der Waals surface area (Å²) < 4.78 is 76.1. The van der Waals surface area contributed by atoms with Gasteiger partial charge >= 0.3 is 6.18 Å². The minimum atomic E-state index is -4.44. The summed E-state index contributed by atoms with van der Waals surface area (Å²) in [4.78, 5) is 8.95. The fourth-order valence-corrected chi connectivity index (χ4v) is 6.51. The first-order valence-corrected chi connectivity index (χ1v) is 15.8. The van der Waals surface area contributed by atoms with Crippen molar-refractivity contribution in [2.45, 2.75) is 57.0 Å². The van der Waals surface area contributed by atoms with Crippen LogP contribution in [0.4, 0.5) is 24.1 Å². The third-order valence-corrected chi connectivity index (χ3v) is 9.37. The first kappa shape index (κ1) is 29.8. The minimum absolute atomic E-state index is 0.00774. The van der Waals surface area contributed by atoms with Gasteiger partial charge in [0.25, 0.3) is 10.0 Å². The van der Waals surface area contributed by atoms with Crippen LogP contribution in [0.15, 0.2) is 59.8 Å². The third-order valence-electron chi connectivity index (χ3n) is 6.95. The van der Waals surface area contributed by atoms with Gasteiger partial charge in [0.1, 0.15) is 23.1 Å². The molecule has 0 amide bonds. The molecule has 0 fully saturated rings. The van der Waals surface area contributed by atoms with Crippen LogP contribution in [0.2, 0.25) is 0 Å². The van der Waals surface area contributed by atoms with Gasteiger partial charge in [0.05, 0.1) is 10.3 Å². The van der Waals surface area contributed by atoms with Crippen molar-refractivity contribution in [1.82, 2.24) is 19.7 Å². The van der Waals surface area contributed by atoms with Gasteiger partial charge in [0.15, 0.2) is 5.13 Å². The summed E-state index contributed by atoms with van der Waals surface area (Å²) in [7, 11) is -4.01. The lowest BCUT2D eigenvalue weighted by Crippen LogP contribution is -2.37. The fourth-order valence-electron chi connectivity index (χ4n) is 4.35. The standard InChI is InChI=1S/C28H31F3N6O3S2/c1-27(2,28(29,30)31)18-40-23-13-16-37(35-23)25-24-21-11-7-6-10-19(21)9-5-3-4-8-14-32-22-17-20(12-15-33-22)42(38,39)36-26(34-24)41-25/h6-7,10-13,15-17H,3-5,8-9,14,18H2,1-2H3,(H,32,33)(H,34,36). The number of anilines is 2. The van der Waals surface area contributed by atoms with Gasteiger partial charge in [-0.2, -0.15) is 13.2 Å². The van der Waals surface area contributed by atoms with Crippen molar-refractivity contribution in [3.8, 4) is 22.1 Å². The van der Waals surface area contributed by atoms with Crippen LogP contribution in [0.25, 0.3) is 16.3 Å². The summed E-state index contributed by atoms with van der Waals surface area (Å²) in [5.74, 6) is 0.473. The predicted molar refractivity (Wildman–Crippen MR) is 156 cm³/mol. The lowest BCUT2D eigenvalue weighted by molar-refractivity contribution is -0.219. The van der Waals surface area contributed by atoms with Crippen LogP contribution in [-0.4, -0.2) is 47.5 Å². The van der Waals surface area contributed by atoms with E-state index in [1.54, 1.807) is 6.20 Å². The van der Waals surface area contributed by atoms with Gasteiger partial charge in [0, 0.05) is 36.6 Å². The molecule has 3 aromatic heterocycles. The van der Waals surface area contributed by atoms with Crippen LogP contribution >= 0.6 is 11.3 Å². The van der Waals surface area contributed by atoms with E-state index in [2.05, 4.69) is 25.1 Å². The van der Waals surface area contributed by atoms with Crippen LogP contribution in [0, 0.1) is 5.41 Å².